The van der Waals surface area contributed by atoms with Crippen molar-refractivity contribution in [2.75, 3.05) is 13.1 Å². The van der Waals surface area contributed by atoms with Crippen LogP contribution in [0.3, 0.4) is 0 Å². The second-order valence-electron chi connectivity index (χ2n) is 9.06. The molecule has 124 valence electrons. The molecule has 0 bridgehead atoms. The lowest BCUT2D eigenvalue weighted by Gasteiger charge is -2.47. The van der Waals surface area contributed by atoms with Crippen molar-refractivity contribution in [3.05, 3.63) is 0 Å². The summed E-state index contributed by atoms with van der Waals surface area (Å²) >= 11 is 0. The summed E-state index contributed by atoms with van der Waals surface area (Å²) < 4.78 is 0. The Bertz CT molecular complexity index is 309. The standard InChI is InChI=1S/C20H39N/c1-6-11-21-14-18-9-10-20(4,5)13-19(18)17-8-7-15(2)16(3)12-17/h15-19,21H,6-14H2,1-5H3. The van der Waals surface area contributed by atoms with Crippen molar-refractivity contribution in [3.8, 4) is 0 Å². The molecule has 5 unspecified atom stereocenters. The Balaban J connectivity index is 1.99. The lowest BCUT2D eigenvalue weighted by atomic mass is 9.59. The van der Waals surface area contributed by atoms with Gasteiger partial charge < -0.3 is 5.32 Å². The molecule has 2 saturated carbocycles. The van der Waals surface area contributed by atoms with E-state index in [1.54, 1.807) is 0 Å². The molecule has 0 saturated heterocycles. The molecule has 0 amide bonds. The fraction of sp³-hybridized carbons (Fsp3) is 1.00. The van der Waals surface area contributed by atoms with E-state index in [0.29, 0.717) is 5.41 Å². The van der Waals surface area contributed by atoms with Gasteiger partial charge in [0.05, 0.1) is 0 Å². The average molecular weight is 294 g/mol. The Morgan fingerprint density at radius 3 is 2.48 bits per heavy atom. The van der Waals surface area contributed by atoms with Crippen LogP contribution >= 0.6 is 0 Å². The number of hydrogen-bond donors (Lipinski definition) is 1. The molecule has 0 aliphatic heterocycles. The molecule has 1 heteroatoms. The van der Waals surface area contributed by atoms with E-state index in [1.807, 2.05) is 0 Å². The first-order valence-corrected chi connectivity index (χ1v) is 9.63. The van der Waals surface area contributed by atoms with Gasteiger partial charge in [-0.05, 0) is 86.6 Å². The molecule has 0 heterocycles. The summed E-state index contributed by atoms with van der Waals surface area (Å²) in [4.78, 5) is 0. The van der Waals surface area contributed by atoms with E-state index in [-0.39, 0.29) is 0 Å². The average Bonchev–Trinajstić information content (AvgIpc) is 2.43. The van der Waals surface area contributed by atoms with Crippen LogP contribution < -0.4 is 5.32 Å². The molecule has 0 aromatic heterocycles. The van der Waals surface area contributed by atoms with E-state index in [4.69, 9.17) is 0 Å². The highest BCUT2D eigenvalue weighted by Crippen LogP contribution is 2.49. The van der Waals surface area contributed by atoms with Gasteiger partial charge in [-0.2, -0.15) is 0 Å². The van der Waals surface area contributed by atoms with Gasteiger partial charge in [0.1, 0.15) is 0 Å². The van der Waals surface area contributed by atoms with Gasteiger partial charge in [-0.1, -0.05) is 41.0 Å². The third kappa shape index (κ3) is 4.71. The molecule has 2 fully saturated rings. The maximum atomic E-state index is 3.72. The van der Waals surface area contributed by atoms with Gasteiger partial charge in [-0.15, -0.1) is 0 Å². The van der Waals surface area contributed by atoms with Crippen LogP contribution in [0, 0.1) is 35.0 Å². The van der Waals surface area contributed by atoms with E-state index in [9.17, 15) is 0 Å². The zero-order valence-corrected chi connectivity index (χ0v) is 15.3. The van der Waals surface area contributed by atoms with Gasteiger partial charge in [0.15, 0.2) is 0 Å². The largest absolute Gasteiger partial charge is 0.316 e. The molecule has 1 N–H and O–H groups in total. The summed E-state index contributed by atoms with van der Waals surface area (Å²) in [6, 6.07) is 0. The van der Waals surface area contributed by atoms with E-state index in [0.717, 1.165) is 29.6 Å². The van der Waals surface area contributed by atoms with Gasteiger partial charge in [0.2, 0.25) is 0 Å². The van der Waals surface area contributed by atoms with Crippen LogP contribution in [0.1, 0.15) is 79.6 Å². The number of rotatable bonds is 5. The van der Waals surface area contributed by atoms with Crippen molar-refractivity contribution < 1.29 is 0 Å². The first-order valence-electron chi connectivity index (χ1n) is 9.63. The van der Waals surface area contributed by atoms with Crippen molar-refractivity contribution in [1.82, 2.24) is 5.32 Å². The molecule has 2 aliphatic rings. The fourth-order valence-corrected chi connectivity index (χ4v) is 4.94. The Morgan fingerprint density at radius 2 is 1.81 bits per heavy atom. The molecule has 1 nitrogen and oxygen atoms in total. The monoisotopic (exact) mass is 293 g/mol. The first kappa shape index (κ1) is 17.3. The summed E-state index contributed by atoms with van der Waals surface area (Å²) in [5.74, 6) is 4.82. The third-order valence-electron chi connectivity index (χ3n) is 6.66. The summed E-state index contributed by atoms with van der Waals surface area (Å²) in [6.07, 6.45) is 10.1. The van der Waals surface area contributed by atoms with E-state index in [1.165, 1.54) is 58.0 Å². The van der Waals surface area contributed by atoms with Crippen LogP contribution in [-0.4, -0.2) is 13.1 Å². The predicted molar refractivity (Wildman–Crippen MR) is 93.4 cm³/mol. The molecule has 0 aromatic carbocycles. The Kier molecular flexibility index (Phi) is 6.17. The maximum absolute atomic E-state index is 3.72. The fourth-order valence-electron chi connectivity index (χ4n) is 4.94. The quantitative estimate of drug-likeness (QED) is 0.660. The van der Waals surface area contributed by atoms with Crippen LogP contribution in [0.5, 0.6) is 0 Å². The van der Waals surface area contributed by atoms with Crippen LogP contribution in [0.25, 0.3) is 0 Å². The molecule has 5 atom stereocenters. The normalized spacial score (nSPS) is 40.1. The van der Waals surface area contributed by atoms with Crippen molar-refractivity contribution in [3.63, 3.8) is 0 Å². The minimum atomic E-state index is 0.582. The molecular weight excluding hydrogens is 254 g/mol. The van der Waals surface area contributed by atoms with Gasteiger partial charge in [0.25, 0.3) is 0 Å². The summed E-state index contributed by atoms with van der Waals surface area (Å²) in [6.45, 7) is 14.7. The van der Waals surface area contributed by atoms with E-state index < -0.39 is 0 Å². The first-order chi connectivity index (χ1) is 9.93. The predicted octanol–water partition coefficient (Wildman–Crippen LogP) is 5.50. The topological polar surface area (TPSA) is 12.0 Å². The highest BCUT2D eigenvalue weighted by Gasteiger charge is 2.40. The SMILES string of the molecule is CCCNCC1CCC(C)(C)CC1C1CCC(C)C(C)C1. The van der Waals surface area contributed by atoms with Gasteiger partial charge in [-0.25, -0.2) is 0 Å². The third-order valence-corrected chi connectivity index (χ3v) is 6.66. The zero-order chi connectivity index (χ0) is 15.5. The number of nitrogens with one attached hydrogen (secondary N) is 1. The molecule has 0 spiro atoms. The van der Waals surface area contributed by atoms with Crippen molar-refractivity contribution in [2.45, 2.75) is 79.6 Å². The molecule has 2 aliphatic carbocycles. The minimum absolute atomic E-state index is 0.582. The molecule has 0 aromatic rings. The lowest BCUT2D eigenvalue weighted by Crippen LogP contribution is -2.41. The summed E-state index contributed by atoms with van der Waals surface area (Å²) in [5, 5.41) is 3.72. The molecule has 2 rings (SSSR count). The maximum Gasteiger partial charge on any atom is -0.00178 e. The van der Waals surface area contributed by atoms with Crippen molar-refractivity contribution >= 4 is 0 Å². The second-order valence-corrected chi connectivity index (χ2v) is 9.06. The summed E-state index contributed by atoms with van der Waals surface area (Å²) in [5.41, 5.74) is 0.582. The van der Waals surface area contributed by atoms with Gasteiger partial charge >= 0.3 is 0 Å². The Hall–Kier alpha value is -0.0400. The highest BCUT2D eigenvalue weighted by molar-refractivity contribution is 4.91. The highest BCUT2D eigenvalue weighted by atomic mass is 14.9. The molecule has 0 radical (unpaired) electrons. The lowest BCUT2D eigenvalue weighted by molar-refractivity contribution is 0.0382. The van der Waals surface area contributed by atoms with E-state index in [2.05, 4.69) is 39.9 Å². The van der Waals surface area contributed by atoms with Crippen LogP contribution in [0.4, 0.5) is 0 Å². The van der Waals surface area contributed by atoms with E-state index >= 15 is 0 Å². The summed E-state index contributed by atoms with van der Waals surface area (Å²) in [7, 11) is 0. The second kappa shape index (κ2) is 7.49. The Morgan fingerprint density at radius 1 is 1.05 bits per heavy atom. The minimum Gasteiger partial charge on any atom is -0.316 e. The van der Waals surface area contributed by atoms with Crippen LogP contribution in [0.2, 0.25) is 0 Å². The molecular formula is C20H39N. The molecule has 21 heavy (non-hydrogen) atoms. The van der Waals surface area contributed by atoms with Gasteiger partial charge in [0, 0.05) is 0 Å². The zero-order valence-electron chi connectivity index (χ0n) is 15.3. The Labute approximate surface area is 133 Å². The van der Waals surface area contributed by atoms with Gasteiger partial charge in [-0.3, -0.25) is 0 Å². The smallest absolute Gasteiger partial charge is 0.00178 e. The van der Waals surface area contributed by atoms with Crippen LogP contribution in [0.15, 0.2) is 0 Å². The number of hydrogen-bond acceptors (Lipinski definition) is 1. The van der Waals surface area contributed by atoms with Crippen molar-refractivity contribution in [2.24, 2.45) is 35.0 Å². The van der Waals surface area contributed by atoms with Crippen LogP contribution in [-0.2, 0) is 0 Å². The van der Waals surface area contributed by atoms with Crippen molar-refractivity contribution in [1.29, 1.82) is 0 Å².